The molecule has 2 N–H and O–H groups in total. The van der Waals surface area contributed by atoms with Crippen LogP contribution in [0.25, 0.3) is 0 Å². The summed E-state index contributed by atoms with van der Waals surface area (Å²) >= 11 is 3.57. The first kappa shape index (κ1) is 18.2. The summed E-state index contributed by atoms with van der Waals surface area (Å²) < 4.78 is 14.0. The summed E-state index contributed by atoms with van der Waals surface area (Å²) in [6, 6.07) is 3.43. The molecule has 0 unspecified atom stereocenters. The predicted octanol–water partition coefficient (Wildman–Crippen LogP) is 3.39. The van der Waals surface area contributed by atoms with Gasteiger partial charge >= 0.3 is 6.03 Å². The summed E-state index contributed by atoms with van der Waals surface area (Å²) in [6.45, 7) is 3.03. The van der Waals surface area contributed by atoms with E-state index in [1.165, 1.54) is 5.69 Å². The van der Waals surface area contributed by atoms with Crippen LogP contribution in [0, 0.1) is 0 Å². The molecule has 7 nitrogen and oxygen atoms in total. The molecular formula is C19H23BrN4O3. The van der Waals surface area contributed by atoms with Crippen molar-refractivity contribution < 1.29 is 14.3 Å². The number of urea groups is 1. The Kier molecular flexibility index (Phi) is 4.99. The molecule has 4 rings (SSSR count). The zero-order valence-corrected chi connectivity index (χ0v) is 17.0. The van der Waals surface area contributed by atoms with E-state index >= 15 is 0 Å². The SMILES string of the molecule is C[C@H](NC(=O)N[C@H]1CCCc2c1cnn2C)c1cc2c(cc1Br)OCCO2. The van der Waals surface area contributed by atoms with Gasteiger partial charge in [0, 0.05) is 22.8 Å². The molecule has 144 valence electrons. The number of nitrogens with one attached hydrogen (secondary N) is 2. The van der Waals surface area contributed by atoms with E-state index in [0.29, 0.717) is 19.0 Å². The number of amides is 2. The predicted molar refractivity (Wildman–Crippen MR) is 104 cm³/mol. The molecule has 8 heteroatoms. The number of carbonyl (C=O) groups is 1. The van der Waals surface area contributed by atoms with Crippen molar-refractivity contribution in [1.29, 1.82) is 0 Å². The standard InChI is InChI=1S/C19H23BrN4O3/c1-11(12-8-17-18(9-14(12)20)27-7-6-26-17)22-19(25)23-15-4-3-5-16-13(15)10-21-24(16)2/h8-11,15H,3-7H2,1-2H3,(H2,22,23,25)/t11-,15-/m0/s1. The molecule has 2 aromatic rings. The smallest absolute Gasteiger partial charge is 0.315 e. The highest BCUT2D eigenvalue weighted by Crippen LogP contribution is 2.38. The first-order valence-electron chi connectivity index (χ1n) is 9.19. The monoisotopic (exact) mass is 434 g/mol. The van der Waals surface area contributed by atoms with Crippen molar-refractivity contribution in [1.82, 2.24) is 20.4 Å². The number of ether oxygens (including phenoxy) is 2. The van der Waals surface area contributed by atoms with Crippen molar-refractivity contribution in [3.63, 3.8) is 0 Å². The maximum Gasteiger partial charge on any atom is 0.315 e. The number of hydrogen-bond acceptors (Lipinski definition) is 4. The molecule has 1 aliphatic carbocycles. The number of rotatable bonds is 3. The fraction of sp³-hybridized carbons (Fsp3) is 0.474. The fourth-order valence-corrected chi connectivity index (χ4v) is 4.41. The Morgan fingerprint density at radius 3 is 2.85 bits per heavy atom. The second-order valence-electron chi connectivity index (χ2n) is 6.97. The molecule has 1 aromatic heterocycles. The van der Waals surface area contributed by atoms with Gasteiger partial charge < -0.3 is 20.1 Å². The van der Waals surface area contributed by atoms with Gasteiger partial charge in [-0.25, -0.2) is 4.79 Å². The molecule has 0 radical (unpaired) electrons. The summed E-state index contributed by atoms with van der Waals surface area (Å²) in [5.41, 5.74) is 3.27. The van der Waals surface area contributed by atoms with Crippen molar-refractivity contribution in [2.45, 2.75) is 38.3 Å². The lowest BCUT2D eigenvalue weighted by molar-refractivity contribution is 0.171. The van der Waals surface area contributed by atoms with Crippen molar-refractivity contribution in [2.75, 3.05) is 13.2 Å². The first-order valence-corrected chi connectivity index (χ1v) is 9.99. The third-order valence-corrected chi connectivity index (χ3v) is 5.84. The maximum absolute atomic E-state index is 12.6. The van der Waals surface area contributed by atoms with E-state index in [-0.39, 0.29) is 18.1 Å². The van der Waals surface area contributed by atoms with Crippen molar-refractivity contribution in [2.24, 2.45) is 7.05 Å². The van der Waals surface area contributed by atoms with Gasteiger partial charge in [-0.05, 0) is 43.9 Å². The van der Waals surface area contributed by atoms with Gasteiger partial charge in [-0.3, -0.25) is 4.68 Å². The topological polar surface area (TPSA) is 77.4 Å². The van der Waals surface area contributed by atoms with Gasteiger partial charge in [0.2, 0.25) is 0 Å². The minimum Gasteiger partial charge on any atom is -0.486 e. The van der Waals surface area contributed by atoms with Gasteiger partial charge in [0.05, 0.1) is 18.3 Å². The zero-order valence-electron chi connectivity index (χ0n) is 15.4. The van der Waals surface area contributed by atoms with Crippen LogP contribution in [0.1, 0.15) is 48.7 Å². The lowest BCUT2D eigenvalue weighted by Crippen LogP contribution is -2.40. The first-order chi connectivity index (χ1) is 13.0. The summed E-state index contributed by atoms with van der Waals surface area (Å²) in [5.74, 6) is 1.43. The Bertz CT molecular complexity index is 867. The Balaban J connectivity index is 1.44. The molecular weight excluding hydrogens is 412 g/mol. The van der Waals surface area contributed by atoms with Gasteiger partial charge in [0.15, 0.2) is 11.5 Å². The highest BCUT2D eigenvalue weighted by Gasteiger charge is 2.26. The number of carbonyl (C=O) groups excluding carboxylic acids is 1. The Labute approximate surface area is 166 Å². The Hall–Kier alpha value is -2.22. The molecule has 0 saturated carbocycles. The molecule has 0 fully saturated rings. The molecule has 2 atom stereocenters. The van der Waals surface area contributed by atoms with Gasteiger partial charge in [-0.2, -0.15) is 5.10 Å². The number of hydrogen-bond donors (Lipinski definition) is 2. The quantitative estimate of drug-likeness (QED) is 0.775. The molecule has 2 heterocycles. The van der Waals surface area contributed by atoms with Crippen LogP contribution in [0.3, 0.4) is 0 Å². The average Bonchev–Trinajstić information content (AvgIpc) is 3.03. The van der Waals surface area contributed by atoms with E-state index in [1.54, 1.807) is 0 Å². The third kappa shape index (κ3) is 3.63. The molecule has 0 bridgehead atoms. The van der Waals surface area contributed by atoms with Crippen LogP contribution < -0.4 is 20.1 Å². The van der Waals surface area contributed by atoms with Gasteiger partial charge in [-0.1, -0.05) is 15.9 Å². The van der Waals surface area contributed by atoms with Crippen LogP contribution in [0.4, 0.5) is 4.79 Å². The molecule has 1 aromatic carbocycles. The van der Waals surface area contributed by atoms with Crippen LogP contribution in [-0.4, -0.2) is 29.0 Å². The zero-order chi connectivity index (χ0) is 19.0. The number of aromatic nitrogens is 2. The van der Waals surface area contributed by atoms with Gasteiger partial charge in [-0.15, -0.1) is 0 Å². The van der Waals surface area contributed by atoms with Crippen molar-refractivity contribution in [3.8, 4) is 11.5 Å². The van der Waals surface area contributed by atoms with Crippen molar-refractivity contribution >= 4 is 22.0 Å². The number of fused-ring (bicyclic) bond motifs is 2. The van der Waals surface area contributed by atoms with Gasteiger partial charge in [0.1, 0.15) is 13.2 Å². The van der Waals surface area contributed by atoms with Gasteiger partial charge in [0.25, 0.3) is 0 Å². The lowest BCUT2D eigenvalue weighted by atomic mass is 9.93. The second-order valence-corrected chi connectivity index (χ2v) is 7.83. The van der Waals surface area contributed by atoms with E-state index < -0.39 is 0 Å². The summed E-state index contributed by atoms with van der Waals surface area (Å²) in [6.07, 6.45) is 4.83. The van der Waals surface area contributed by atoms with Crippen LogP contribution in [0.2, 0.25) is 0 Å². The number of benzene rings is 1. The summed E-state index contributed by atoms with van der Waals surface area (Å²) in [4.78, 5) is 12.6. The fourth-order valence-electron chi connectivity index (χ4n) is 3.74. The minimum absolute atomic E-state index is 0.00152. The van der Waals surface area contributed by atoms with E-state index in [0.717, 1.165) is 40.6 Å². The number of halogens is 1. The summed E-state index contributed by atoms with van der Waals surface area (Å²) in [7, 11) is 1.95. The normalized spacial score (nSPS) is 19.1. The molecule has 0 saturated heterocycles. The Morgan fingerprint density at radius 2 is 2.07 bits per heavy atom. The van der Waals surface area contributed by atoms with E-state index in [9.17, 15) is 4.79 Å². The van der Waals surface area contributed by atoms with Crippen LogP contribution in [-0.2, 0) is 13.5 Å². The Morgan fingerprint density at radius 1 is 1.33 bits per heavy atom. The summed E-state index contributed by atoms with van der Waals surface area (Å²) in [5, 5.41) is 10.5. The van der Waals surface area contributed by atoms with E-state index in [2.05, 4.69) is 31.7 Å². The maximum atomic E-state index is 12.6. The van der Waals surface area contributed by atoms with Crippen molar-refractivity contribution in [3.05, 3.63) is 39.6 Å². The highest BCUT2D eigenvalue weighted by molar-refractivity contribution is 9.10. The molecule has 2 aliphatic rings. The number of nitrogens with zero attached hydrogens (tertiary/aromatic N) is 2. The average molecular weight is 435 g/mol. The number of aryl methyl sites for hydroxylation is 1. The van der Waals surface area contributed by atoms with Crippen LogP contribution in [0.15, 0.2) is 22.8 Å². The van der Waals surface area contributed by atoms with E-state index in [1.807, 2.05) is 37.0 Å². The minimum atomic E-state index is -0.189. The van der Waals surface area contributed by atoms with E-state index in [4.69, 9.17) is 9.47 Å². The molecule has 27 heavy (non-hydrogen) atoms. The van der Waals surface area contributed by atoms with Crippen LogP contribution in [0.5, 0.6) is 11.5 Å². The van der Waals surface area contributed by atoms with Crippen LogP contribution >= 0.6 is 15.9 Å². The molecule has 0 spiro atoms. The second kappa shape index (κ2) is 7.42. The molecule has 2 amide bonds. The molecule has 1 aliphatic heterocycles. The third-order valence-electron chi connectivity index (χ3n) is 5.16. The highest BCUT2D eigenvalue weighted by atomic mass is 79.9. The lowest BCUT2D eigenvalue weighted by Gasteiger charge is -2.26. The largest absolute Gasteiger partial charge is 0.486 e.